The zero-order valence-electron chi connectivity index (χ0n) is 50.5. The number of amides is 5. The summed E-state index contributed by atoms with van der Waals surface area (Å²) < 4.78 is 36.5. The highest BCUT2D eigenvalue weighted by Crippen LogP contribution is 2.44. The molecule has 0 bridgehead atoms. The zero-order chi connectivity index (χ0) is 62.4. The summed E-state index contributed by atoms with van der Waals surface area (Å²) in [6.07, 6.45) is 16.4. The van der Waals surface area contributed by atoms with Gasteiger partial charge in [0.2, 0.25) is 11.8 Å². The molecule has 89 heavy (non-hydrogen) atoms. The number of H-pyrrole nitrogens is 1. The molecule has 1 unspecified atom stereocenters. The van der Waals surface area contributed by atoms with Gasteiger partial charge in [0.25, 0.3) is 33.4 Å². The van der Waals surface area contributed by atoms with Crippen LogP contribution in [0.3, 0.4) is 0 Å². The lowest BCUT2D eigenvalue weighted by atomic mass is 9.72. The molecule has 1 atom stereocenters. The quantitative estimate of drug-likeness (QED) is 0.0190. The van der Waals surface area contributed by atoms with Gasteiger partial charge in [-0.3, -0.25) is 49.2 Å². The van der Waals surface area contributed by atoms with Crippen LogP contribution in [0.2, 0.25) is 5.02 Å². The number of carbonyl (C=O) groups is 5. The number of rotatable bonds is 24. The summed E-state index contributed by atoms with van der Waals surface area (Å²) in [6.45, 7) is 11.8. The standard InChI is InChI=1S/C67H77ClN10O10S/c1-67(2)28-24-48(55(40-67)45-14-16-49(68)17-15-45)43-75-33-35-76(36-34-75)50-18-20-53(59(38-50)88-51-37-47-25-29-69-62(47)71-42-51)63(80)73-89(86,87)52-19-21-56(58(39-52)78(84)85)70-41-44-26-31-74(32-27-44)30-9-7-5-3-4-6-8-11-46-12-10-13-54-61(46)66(83)77(65(54)82)57-22-23-60(79)72-64(57)81/h10,12-21,25,29,37-39,42,44,57,70H,3-9,11,22-24,26-28,30-36,40-41,43H2,1-2H3,(H,69,71)(H,73,80)(H,72,79,81). The van der Waals surface area contributed by atoms with Gasteiger partial charge >= 0.3 is 0 Å². The van der Waals surface area contributed by atoms with E-state index in [1.54, 1.807) is 42.6 Å². The Kier molecular flexibility index (Phi) is 19.3. The summed E-state index contributed by atoms with van der Waals surface area (Å²) >= 11 is 6.27. The number of pyridine rings is 1. The van der Waals surface area contributed by atoms with Gasteiger partial charge in [-0.25, -0.2) is 18.1 Å². The fraction of sp³-hybridized carbons (Fsp3) is 0.433. The number of benzene rings is 4. The van der Waals surface area contributed by atoms with Crippen LogP contribution in [0.5, 0.6) is 11.5 Å². The molecule has 0 saturated carbocycles. The molecule has 22 heteroatoms. The predicted molar refractivity (Wildman–Crippen MR) is 342 cm³/mol. The second kappa shape index (κ2) is 27.4. The number of unbranched alkanes of at least 4 members (excludes halogenated alkanes) is 6. The van der Waals surface area contributed by atoms with Gasteiger partial charge in [-0.2, -0.15) is 0 Å². The number of nitrogens with one attached hydrogen (secondary N) is 4. The van der Waals surface area contributed by atoms with Crippen LogP contribution in [0.1, 0.15) is 146 Å². The summed E-state index contributed by atoms with van der Waals surface area (Å²) in [5.74, 6) is -2.23. The monoisotopic (exact) mass is 1250 g/mol. The van der Waals surface area contributed by atoms with E-state index in [9.17, 15) is 42.5 Å². The summed E-state index contributed by atoms with van der Waals surface area (Å²) in [5, 5.41) is 19.4. The van der Waals surface area contributed by atoms with Gasteiger partial charge in [0.15, 0.2) is 0 Å². The van der Waals surface area contributed by atoms with Crippen molar-refractivity contribution in [2.45, 2.75) is 121 Å². The number of allylic oxidation sites excluding steroid dienone is 1. The Morgan fingerprint density at radius 1 is 0.831 bits per heavy atom. The number of ether oxygens (including phenoxy) is 1. The van der Waals surface area contributed by atoms with Gasteiger partial charge in [-0.15, -0.1) is 0 Å². The number of halogens is 1. The molecule has 3 fully saturated rings. The molecule has 11 rings (SSSR count). The molecule has 6 heterocycles. The van der Waals surface area contributed by atoms with Crippen molar-refractivity contribution in [2.75, 3.05) is 69.1 Å². The Hall–Kier alpha value is -7.98. The maximum Gasteiger partial charge on any atom is 0.293 e. The number of fused-ring (bicyclic) bond motifs is 2. The highest BCUT2D eigenvalue weighted by molar-refractivity contribution is 7.90. The largest absolute Gasteiger partial charge is 0.455 e. The lowest BCUT2D eigenvalue weighted by Gasteiger charge is -2.39. The van der Waals surface area contributed by atoms with Gasteiger partial charge in [0.05, 0.1) is 32.7 Å². The Labute approximate surface area is 524 Å². The van der Waals surface area contributed by atoms with Crippen molar-refractivity contribution in [3.63, 3.8) is 0 Å². The minimum atomic E-state index is -4.62. The normalized spacial score (nSPS) is 18.6. The number of hydrogen-bond donors (Lipinski definition) is 4. The number of aryl methyl sites for hydroxylation is 1. The molecule has 2 aromatic heterocycles. The van der Waals surface area contributed by atoms with Crippen molar-refractivity contribution in [3.05, 3.63) is 152 Å². The maximum absolute atomic E-state index is 14.2. The molecule has 5 amide bonds. The number of nitrogens with zero attached hydrogens (tertiary/aromatic N) is 6. The predicted octanol–water partition coefficient (Wildman–Crippen LogP) is 11.3. The molecular formula is C67H77ClN10O10S. The lowest BCUT2D eigenvalue weighted by molar-refractivity contribution is -0.384. The molecule has 0 radical (unpaired) electrons. The number of carbonyl (C=O) groups excluding carboxylic acids is 5. The third-order valence-electron chi connectivity index (χ3n) is 18.3. The topological polar surface area (TPSA) is 250 Å². The van der Waals surface area contributed by atoms with E-state index in [1.165, 1.54) is 35.0 Å². The van der Waals surface area contributed by atoms with Crippen molar-refractivity contribution < 1.29 is 42.1 Å². The molecule has 468 valence electrons. The Bertz CT molecular complexity index is 3820. The molecule has 4 N–H and O–H groups in total. The summed E-state index contributed by atoms with van der Waals surface area (Å²) in [4.78, 5) is 92.1. The van der Waals surface area contributed by atoms with Crippen LogP contribution >= 0.6 is 11.6 Å². The first kappa shape index (κ1) is 62.6. The van der Waals surface area contributed by atoms with Crippen LogP contribution in [-0.4, -0.2) is 132 Å². The fourth-order valence-corrected chi connectivity index (χ4v) is 14.3. The van der Waals surface area contributed by atoms with Crippen molar-refractivity contribution >= 4 is 84.8 Å². The zero-order valence-corrected chi connectivity index (χ0v) is 52.1. The summed E-state index contributed by atoms with van der Waals surface area (Å²) in [7, 11) is -4.62. The highest BCUT2D eigenvalue weighted by atomic mass is 35.5. The van der Waals surface area contributed by atoms with Crippen molar-refractivity contribution in [3.8, 4) is 11.5 Å². The Balaban J connectivity index is 0.637. The summed E-state index contributed by atoms with van der Waals surface area (Å²) in [5.41, 5.74) is 6.94. The van der Waals surface area contributed by atoms with Gasteiger partial charge in [-0.05, 0) is 160 Å². The van der Waals surface area contributed by atoms with Gasteiger partial charge in [0, 0.05) is 80.1 Å². The third-order valence-corrected chi connectivity index (χ3v) is 19.9. The van der Waals surface area contributed by atoms with E-state index in [0.29, 0.717) is 48.6 Å². The lowest BCUT2D eigenvalue weighted by Crippen LogP contribution is -2.54. The van der Waals surface area contributed by atoms with Crippen LogP contribution < -0.4 is 25.0 Å². The number of nitro benzene ring substituents is 1. The molecule has 3 saturated heterocycles. The number of nitro groups is 1. The van der Waals surface area contributed by atoms with Gasteiger partial charge < -0.3 is 24.8 Å². The number of hydrogen-bond acceptors (Lipinski definition) is 15. The van der Waals surface area contributed by atoms with Crippen molar-refractivity contribution in [1.82, 2.24) is 34.7 Å². The average Bonchev–Trinajstić information content (AvgIpc) is 1.65. The van der Waals surface area contributed by atoms with Crippen LogP contribution in [0.15, 0.2) is 114 Å². The van der Waals surface area contributed by atoms with Crippen molar-refractivity contribution in [1.29, 1.82) is 0 Å². The van der Waals surface area contributed by atoms with Crippen LogP contribution in [0.4, 0.5) is 17.1 Å². The number of piperidine rings is 2. The van der Waals surface area contributed by atoms with Crippen LogP contribution in [0.25, 0.3) is 16.6 Å². The van der Waals surface area contributed by atoms with E-state index in [1.807, 2.05) is 24.3 Å². The number of imide groups is 2. The average molecular weight is 1250 g/mol. The third kappa shape index (κ3) is 14.9. The number of anilines is 2. The highest BCUT2D eigenvalue weighted by Gasteiger charge is 2.45. The first-order valence-electron chi connectivity index (χ1n) is 31.2. The molecule has 20 nitrogen and oxygen atoms in total. The first-order chi connectivity index (χ1) is 42.9. The molecule has 1 aliphatic carbocycles. The maximum atomic E-state index is 14.2. The van der Waals surface area contributed by atoms with Crippen LogP contribution in [-0.2, 0) is 26.0 Å². The van der Waals surface area contributed by atoms with E-state index < -0.39 is 61.1 Å². The molecule has 4 aromatic carbocycles. The molecule has 4 aliphatic heterocycles. The second-order valence-corrected chi connectivity index (χ2v) is 27.2. The second-order valence-electron chi connectivity index (χ2n) is 25.1. The van der Waals surface area contributed by atoms with E-state index >= 15 is 0 Å². The van der Waals surface area contributed by atoms with Gasteiger partial charge in [0.1, 0.15) is 28.9 Å². The minimum absolute atomic E-state index is 0.0511. The van der Waals surface area contributed by atoms with Crippen molar-refractivity contribution in [2.24, 2.45) is 11.3 Å². The number of piperazine rings is 1. The smallest absolute Gasteiger partial charge is 0.293 e. The van der Waals surface area contributed by atoms with Gasteiger partial charge in [-0.1, -0.05) is 87.4 Å². The Morgan fingerprint density at radius 3 is 2.34 bits per heavy atom. The first-order valence-corrected chi connectivity index (χ1v) is 33.1. The van der Waals surface area contributed by atoms with E-state index in [0.717, 1.165) is 149 Å². The van der Waals surface area contributed by atoms with E-state index in [2.05, 4.69) is 66.0 Å². The van der Waals surface area contributed by atoms with Crippen LogP contribution in [0, 0.1) is 21.4 Å². The van der Waals surface area contributed by atoms with E-state index in [4.69, 9.17) is 16.3 Å². The molecule has 5 aliphatic rings. The number of sulfonamides is 1. The number of likely N-dealkylation sites (tertiary alicyclic amines) is 1. The molecular weight excluding hydrogens is 1170 g/mol. The minimum Gasteiger partial charge on any atom is -0.455 e. The fourth-order valence-electron chi connectivity index (χ4n) is 13.2. The number of aromatic amines is 1. The SMILES string of the molecule is CC1(C)CCC(CN2CCN(c3ccc(C(=O)NS(=O)(=O)c4ccc(NCC5CCN(CCCCCCCCCc6cccc7c6C(=O)N(C6CCC(=O)NC6=O)C7=O)CC5)c([N+](=O)[O-])c4)c(Oc4cnc5[nH]ccc5c4)c3)CC2)=C(c2ccc(Cl)cc2)C1. The molecule has 6 aromatic rings. The number of aromatic nitrogens is 2. The molecule has 0 spiro atoms. The Morgan fingerprint density at radius 2 is 1.58 bits per heavy atom. The summed E-state index contributed by atoms with van der Waals surface area (Å²) in [6, 6.07) is 24.8. The van der Waals surface area contributed by atoms with E-state index in [-0.39, 0.29) is 41.2 Å².